The third kappa shape index (κ3) is 18.4. The SMILES string of the molecule is CCCCCCCCCCCCCCCC(=O)N[C@@H](CCC(N)=O)C(=O)OC(C)C. The van der Waals surface area contributed by atoms with E-state index in [0.29, 0.717) is 6.42 Å². The van der Waals surface area contributed by atoms with Gasteiger partial charge in [-0.3, -0.25) is 9.59 Å². The van der Waals surface area contributed by atoms with Gasteiger partial charge in [-0.15, -0.1) is 0 Å². The van der Waals surface area contributed by atoms with E-state index in [-0.39, 0.29) is 24.9 Å². The molecule has 0 spiro atoms. The van der Waals surface area contributed by atoms with Crippen LogP contribution in [-0.2, 0) is 19.1 Å². The van der Waals surface area contributed by atoms with E-state index in [0.717, 1.165) is 19.3 Å². The Hall–Kier alpha value is -1.59. The molecule has 0 saturated carbocycles. The molecule has 0 aliphatic heterocycles. The molecule has 6 heteroatoms. The molecule has 0 saturated heterocycles. The molecule has 30 heavy (non-hydrogen) atoms. The first-order valence-electron chi connectivity index (χ1n) is 12.1. The second-order valence-electron chi connectivity index (χ2n) is 8.60. The fraction of sp³-hybridized carbons (Fsp3) is 0.875. The van der Waals surface area contributed by atoms with Gasteiger partial charge >= 0.3 is 5.97 Å². The predicted octanol–water partition coefficient (Wildman–Crippen LogP) is 5.17. The smallest absolute Gasteiger partial charge is 0.328 e. The molecule has 1 atom stereocenters. The van der Waals surface area contributed by atoms with Crippen molar-refractivity contribution in [3.05, 3.63) is 0 Å². The lowest BCUT2D eigenvalue weighted by molar-refractivity contribution is -0.151. The van der Waals surface area contributed by atoms with Gasteiger partial charge in [0.2, 0.25) is 11.8 Å². The van der Waals surface area contributed by atoms with Crippen LogP contribution in [0.2, 0.25) is 0 Å². The molecule has 0 rings (SSSR count). The minimum Gasteiger partial charge on any atom is -0.461 e. The lowest BCUT2D eigenvalue weighted by atomic mass is 10.0. The summed E-state index contributed by atoms with van der Waals surface area (Å²) >= 11 is 0. The van der Waals surface area contributed by atoms with Crippen molar-refractivity contribution in [3.8, 4) is 0 Å². The second kappa shape index (κ2) is 19.4. The number of carbonyl (C=O) groups excluding carboxylic acids is 3. The van der Waals surface area contributed by atoms with Crippen molar-refractivity contribution in [2.75, 3.05) is 0 Å². The van der Waals surface area contributed by atoms with Crippen molar-refractivity contribution >= 4 is 17.8 Å². The Labute approximate surface area is 184 Å². The molecule has 6 nitrogen and oxygen atoms in total. The number of primary amides is 1. The summed E-state index contributed by atoms with van der Waals surface area (Å²) in [5.74, 6) is -1.18. The van der Waals surface area contributed by atoms with E-state index in [9.17, 15) is 14.4 Å². The molecular formula is C24H46N2O4. The Morgan fingerprint density at radius 3 is 1.67 bits per heavy atom. The molecule has 0 aliphatic carbocycles. The van der Waals surface area contributed by atoms with Gasteiger partial charge in [-0.25, -0.2) is 4.79 Å². The molecule has 0 fully saturated rings. The Balaban J connectivity index is 3.79. The predicted molar refractivity (Wildman–Crippen MR) is 122 cm³/mol. The van der Waals surface area contributed by atoms with Gasteiger partial charge in [-0.05, 0) is 26.7 Å². The highest BCUT2D eigenvalue weighted by molar-refractivity contribution is 5.85. The maximum Gasteiger partial charge on any atom is 0.328 e. The van der Waals surface area contributed by atoms with Gasteiger partial charge in [0.25, 0.3) is 0 Å². The first-order valence-corrected chi connectivity index (χ1v) is 12.1. The molecule has 0 unspecified atom stereocenters. The Bertz CT molecular complexity index is 466. The summed E-state index contributed by atoms with van der Waals surface area (Å²) in [5, 5.41) is 2.70. The van der Waals surface area contributed by atoms with Gasteiger partial charge < -0.3 is 15.8 Å². The largest absolute Gasteiger partial charge is 0.461 e. The Morgan fingerprint density at radius 1 is 0.767 bits per heavy atom. The summed E-state index contributed by atoms with van der Waals surface area (Å²) in [4.78, 5) is 35.3. The van der Waals surface area contributed by atoms with Crippen molar-refractivity contribution in [2.45, 2.75) is 136 Å². The van der Waals surface area contributed by atoms with E-state index < -0.39 is 17.9 Å². The molecule has 0 bridgehead atoms. The number of hydrogen-bond donors (Lipinski definition) is 2. The number of nitrogens with one attached hydrogen (secondary N) is 1. The van der Waals surface area contributed by atoms with Crippen molar-refractivity contribution in [2.24, 2.45) is 5.73 Å². The normalized spacial score (nSPS) is 12.0. The van der Waals surface area contributed by atoms with E-state index in [1.165, 1.54) is 64.2 Å². The maximum atomic E-state index is 12.2. The average Bonchev–Trinajstić information content (AvgIpc) is 2.68. The van der Waals surface area contributed by atoms with Gasteiger partial charge in [0.05, 0.1) is 6.10 Å². The van der Waals surface area contributed by atoms with E-state index in [1.807, 2.05) is 0 Å². The molecular weight excluding hydrogens is 380 g/mol. The molecule has 0 aromatic heterocycles. The average molecular weight is 427 g/mol. The topological polar surface area (TPSA) is 98.5 Å². The summed E-state index contributed by atoms with van der Waals surface area (Å²) in [7, 11) is 0. The van der Waals surface area contributed by atoms with Crippen molar-refractivity contribution in [3.63, 3.8) is 0 Å². The molecule has 0 aliphatic rings. The highest BCUT2D eigenvalue weighted by atomic mass is 16.5. The zero-order valence-corrected chi connectivity index (χ0v) is 19.7. The minimum atomic E-state index is -0.811. The third-order valence-corrected chi connectivity index (χ3v) is 5.16. The van der Waals surface area contributed by atoms with Crippen LogP contribution < -0.4 is 11.1 Å². The van der Waals surface area contributed by atoms with Gasteiger partial charge in [0.15, 0.2) is 0 Å². The number of unbranched alkanes of at least 4 members (excludes halogenated alkanes) is 12. The highest BCUT2D eigenvalue weighted by Crippen LogP contribution is 2.13. The molecule has 2 amide bonds. The summed E-state index contributed by atoms with van der Waals surface area (Å²) in [6.07, 6.45) is 16.6. The van der Waals surface area contributed by atoms with E-state index >= 15 is 0 Å². The standard InChI is InChI=1S/C24H46N2O4/c1-4-5-6-7-8-9-10-11-12-13-14-15-16-17-23(28)26-21(18-19-22(25)27)24(29)30-20(2)3/h20-21H,4-19H2,1-3H3,(H2,25,27)(H,26,28)/t21-/m0/s1. The quantitative estimate of drug-likeness (QED) is 0.207. The number of amides is 2. The van der Waals surface area contributed by atoms with Gasteiger partial charge in [-0.1, -0.05) is 84.0 Å². The van der Waals surface area contributed by atoms with Crippen LogP contribution in [0.15, 0.2) is 0 Å². The van der Waals surface area contributed by atoms with Crippen LogP contribution in [0, 0.1) is 0 Å². The second-order valence-corrected chi connectivity index (χ2v) is 8.60. The Morgan fingerprint density at radius 2 is 1.23 bits per heavy atom. The monoisotopic (exact) mass is 426 g/mol. The number of esters is 1. The molecule has 0 aromatic rings. The lowest BCUT2D eigenvalue weighted by Gasteiger charge is -2.18. The zero-order valence-electron chi connectivity index (χ0n) is 19.7. The number of rotatable bonds is 20. The highest BCUT2D eigenvalue weighted by Gasteiger charge is 2.23. The zero-order chi connectivity index (χ0) is 22.6. The number of hydrogen-bond acceptors (Lipinski definition) is 4. The summed E-state index contributed by atoms with van der Waals surface area (Å²) in [6, 6.07) is -0.811. The third-order valence-electron chi connectivity index (χ3n) is 5.16. The lowest BCUT2D eigenvalue weighted by Crippen LogP contribution is -2.43. The summed E-state index contributed by atoms with van der Waals surface area (Å²) in [5.41, 5.74) is 5.16. The van der Waals surface area contributed by atoms with Crippen molar-refractivity contribution in [1.82, 2.24) is 5.32 Å². The molecule has 0 radical (unpaired) electrons. The van der Waals surface area contributed by atoms with Crippen LogP contribution in [-0.4, -0.2) is 29.9 Å². The fourth-order valence-corrected chi connectivity index (χ4v) is 3.42. The van der Waals surface area contributed by atoms with Crippen LogP contribution >= 0.6 is 0 Å². The molecule has 0 heterocycles. The van der Waals surface area contributed by atoms with E-state index in [1.54, 1.807) is 13.8 Å². The van der Waals surface area contributed by atoms with E-state index in [4.69, 9.17) is 10.5 Å². The first kappa shape index (κ1) is 28.4. The number of nitrogens with two attached hydrogens (primary N) is 1. The first-order chi connectivity index (χ1) is 14.4. The van der Waals surface area contributed by atoms with Crippen LogP contribution in [0.5, 0.6) is 0 Å². The summed E-state index contributed by atoms with van der Waals surface area (Å²) in [6.45, 7) is 5.75. The van der Waals surface area contributed by atoms with Crippen LogP contribution in [0.3, 0.4) is 0 Å². The van der Waals surface area contributed by atoms with Gasteiger partial charge in [0, 0.05) is 12.8 Å². The summed E-state index contributed by atoms with van der Waals surface area (Å²) < 4.78 is 5.16. The van der Waals surface area contributed by atoms with E-state index in [2.05, 4.69) is 12.2 Å². The molecule has 176 valence electrons. The number of ether oxygens (including phenoxy) is 1. The van der Waals surface area contributed by atoms with Crippen LogP contribution in [0.1, 0.15) is 124 Å². The fourth-order valence-electron chi connectivity index (χ4n) is 3.42. The van der Waals surface area contributed by atoms with Gasteiger partial charge in [-0.2, -0.15) is 0 Å². The minimum absolute atomic E-state index is 0.0386. The van der Waals surface area contributed by atoms with Crippen molar-refractivity contribution < 1.29 is 19.1 Å². The Kier molecular flexibility index (Phi) is 18.4. The molecule has 3 N–H and O–H groups in total. The van der Waals surface area contributed by atoms with Crippen LogP contribution in [0.25, 0.3) is 0 Å². The van der Waals surface area contributed by atoms with Crippen molar-refractivity contribution in [1.29, 1.82) is 0 Å². The molecule has 0 aromatic carbocycles. The number of carbonyl (C=O) groups is 3. The van der Waals surface area contributed by atoms with Crippen LogP contribution in [0.4, 0.5) is 0 Å². The maximum absolute atomic E-state index is 12.2. The van der Waals surface area contributed by atoms with Gasteiger partial charge in [0.1, 0.15) is 6.04 Å².